The predicted octanol–water partition coefficient (Wildman–Crippen LogP) is 5.64. The number of nitrogens with one attached hydrogen (secondary N) is 1. The normalized spacial score (nSPS) is 11.0. The molecule has 0 saturated heterocycles. The molecule has 0 aliphatic heterocycles. The minimum atomic E-state index is -0.211. The molecule has 0 bridgehead atoms. The molecule has 0 spiro atoms. The van der Waals surface area contributed by atoms with Crippen LogP contribution in [0.5, 0.6) is 0 Å². The van der Waals surface area contributed by atoms with Gasteiger partial charge in [0.2, 0.25) is 5.91 Å². The van der Waals surface area contributed by atoms with Crippen molar-refractivity contribution in [2.24, 2.45) is 0 Å². The number of hydrogen-bond donors (Lipinski definition) is 2. The number of rotatable bonds is 6. The van der Waals surface area contributed by atoms with Crippen LogP contribution in [0, 0.1) is 0 Å². The van der Waals surface area contributed by atoms with Gasteiger partial charge in [-0.25, -0.2) is 9.61 Å². The van der Waals surface area contributed by atoms with Crippen molar-refractivity contribution in [1.82, 2.24) is 19.9 Å². The van der Waals surface area contributed by atoms with Crippen LogP contribution in [0.25, 0.3) is 44.8 Å². The van der Waals surface area contributed by atoms with Gasteiger partial charge in [-0.05, 0) is 56.8 Å². The number of fused-ring (bicyclic) bond motifs is 1. The van der Waals surface area contributed by atoms with Crippen molar-refractivity contribution in [3.8, 4) is 33.8 Å². The first-order chi connectivity index (χ1) is 18.2. The molecule has 4 aromatic carbocycles. The van der Waals surface area contributed by atoms with E-state index in [1.54, 1.807) is 4.57 Å². The van der Waals surface area contributed by atoms with Crippen molar-refractivity contribution in [3.05, 3.63) is 103 Å². The van der Waals surface area contributed by atoms with Gasteiger partial charge in [0.15, 0.2) is 17.3 Å². The Hall–Kier alpha value is -5.24. The van der Waals surface area contributed by atoms with Crippen molar-refractivity contribution >= 4 is 28.4 Å². The molecular formula is C29H22N6O2. The van der Waals surface area contributed by atoms with Gasteiger partial charge < -0.3 is 15.6 Å². The Balaban J connectivity index is 1.25. The standard InChI is InChI=1S/C29H22N6O2/c30-28-27(33-37-34-28)29-32-24-12-6-7-13-25(24)35(29)18-26(36)31-21-16-14-20(15-17-21)23-11-5-4-10-22(23)19-8-2-1-3-9-19/h1-17H,18H2,(H2,30,34)(H,31,36). The SMILES string of the molecule is Nc1nonc1-c1nc2ccccc2n1CC(=O)Nc1ccc(-c2ccccc2-c2ccccc2)cc1. The number of anilines is 2. The van der Waals surface area contributed by atoms with Crippen LogP contribution < -0.4 is 11.1 Å². The molecule has 2 aromatic heterocycles. The van der Waals surface area contributed by atoms with Gasteiger partial charge in [-0.3, -0.25) is 4.79 Å². The van der Waals surface area contributed by atoms with Gasteiger partial charge in [0, 0.05) is 5.69 Å². The third-order valence-corrected chi connectivity index (χ3v) is 6.17. The van der Waals surface area contributed by atoms with E-state index in [4.69, 9.17) is 10.4 Å². The maximum atomic E-state index is 13.1. The van der Waals surface area contributed by atoms with Crippen LogP contribution in [-0.2, 0) is 11.3 Å². The molecule has 1 amide bonds. The molecule has 2 heterocycles. The van der Waals surface area contributed by atoms with E-state index >= 15 is 0 Å². The monoisotopic (exact) mass is 486 g/mol. The summed E-state index contributed by atoms with van der Waals surface area (Å²) in [5.41, 5.74) is 12.9. The number of imidazole rings is 1. The molecule has 0 atom stereocenters. The third kappa shape index (κ3) is 4.32. The van der Waals surface area contributed by atoms with E-state index in [1.807, 2.05) is 78.9 Å². The Morgan fingerprint density at radius 3 is 2.14 bits per heavy atom. The number of amides is 1. The lowest BCUT2D eigenvalue weighted by Gasteiger charge is -2.12. The zero-order valence-corrected chi connectivity index (χ0v) is 19.7. The molecule has 8 heteroatoms. The fourth-order valence-electron chi connectivity index (χ4n) is 4.45. The molecule has 0 unspecified atom stereocenters. The van der Waals surface area contributed by atoms with E-state index in [9.17, 15) is 4.79 Å². The average molecular weight is 487 g/mol. The van der Waals surface area contributed by atoms with Gasteiger partial charge >= 0.3 is 0 Å². The maximum absolute atomic E-state index is 13.1. The number of aromatic nitrogens is 4. The Morgan fingerprint density at radius 2 is 1.43 bits per heavy atom. The van der Waals surface area contributed by atoms with Gasteiger partial charge in [-0.2, -0.15) is 0 Å². The summed E-state index contributed by atoms with van der Waals surface area (Å²) in [6.07, 6.45) is 0. The largest absolute Gasteiger partial charge is 0.379 e. The molecule has 0 aliphatic carbocycles. The van der Waals surface area contributed by atoms with Crippen LogP contribution in [0.1, 0.15) is 0 Å². The van der Waals surface area contributed by atoms with Crippen LogP contribution in [0.4, 0.5) is 11.5 Å². The molecule has 3 N–H and O–H groups in total. The zero-order valence-electron chi connectivity index (χ0n) is 19.7. The summed E-state index contributed by atoms with van der Waals surface area (Å²) in [7, 11) is 0. The van der Waals surface area contributed by atoms with Crippen molar-refractivity contribution in [3.63, 3.8) is 0 Å². The molecule has 6 rings (SSSR count). The highest BCUT2D eigenvalue weighted by Gasteiger charge is 2.20. The number of carbonyl (C=O) groups is 1. The van der Waals surface area contributed by atoms with Crippen LogP contribution in [0.2, 0.25) is 0 Å². The second kappa shape index (κ2) is 9.43. The summed E-state index contributed by atoms with van der Waals surface area (Å²) >= 11 is 0. The Morgan fingerprint density at radius 1 is 0.784 bits per heavy atom. The number of carbonyl (C=O) groups excluding carboxylic acids is 1. The molecule has 6 aromatic rings. The van der Waals surface area contributed by atoms with Crippen molar-refractivity contribution in [1.29, 1.82) is 0 Å². The highest BCUT2D eigenvalue weighted by atomic mass is 16.6. The Labute approximate surface area is 212 Å². The highest BCUT2D eigenvalue weighted by molar-refractivity contribution is 5.93. The quantitative estimate of drug-likeness (QED) is 0.315. The summed E-state index contributed by atoms with van der Waals surface area (Å²) in [5, 5.41) is 10.5. The van der Waals surface area contributed by atoms with Crippen LogP contribution in [0.3, 0.4) is 0 Å². The van der Waals surface area contributed by atoms with Gasteiger partial charge in [-0.15, -0.1) is 0 Å². The molecule has 180 valence electrons. The summed E-state index contributed by atoms with van der Waals surface area (Å²) < 4.78 is 6.51. The topological polar surface area (TPSA) is 112 Å². The lowest BCUT2D eigenvalue weighted by molar-refractivity contribution is -0.116. The summed E-state index contributed by atoms with van der Waals surface area (Å²) in [6.45, 7) is 0.0146. The lowest BCUT2D eigenvalue weighted by Crippen LogP contribution is -2.19. The molecule has 37 heavy (non-hydrogen) atoms. The zero-order chi connectivity index (χ0) is 25.2. The van der Waals surface area contributed by atoms with Gasteiger partial charge in [0.25, 0.3) is 0 Å². The maximum Gasteiger partial charge on any atom is 0.244 e. The van der Waals surface area contributed by atoms with E-state index in [0.29, 0.717) is 22.7 Å². The molecule has 0 saturated carbocycles. The predicted molar refractivity (Wildman–Crippen MR) is 143 cm³/mol. The lowest BCUT2D eigenvalue weighted by atomic mass is 9.94. The first kappa shape index (κ1) is 22.2. The Kier molecular flexibility index (Phi) is 5.67. The van der Waals surface area contributed by atoms with Crippen LogP contribution in [0.15, 0.2) is 108 Å². The highest BCUT2D eigenvalue weighted by Crippen LogP contribution is 2.32. The molecule has 8 nitrogen and oxygen atoms in total. The Bertz CT molecular complexity index is 1700. The molecule has 0 fully saturated rings. The third-order valence-electron chi connectivity index (χ3n) is 6.17. The number of nitrogen functional groups attached to an aromatic ring is 1. The van der Waals surface area contributed by atoms with Crippen molar-refractivity contribution in [2.45, 2.75) is 6.54 Å². The number of hydrogen-bond acceptors (Lipinski definition) is 6. The minimum Gasteiger partial charge on any atom is -0.379 e. The number of nitrogens with two attached hydrogens (primary N) is 1. The van der Waals surface area contributed by atoms with E-state index < -0.39 is 0 Å². The van der Waals surface area contributed by atoms with Crippen LogP contribution >= 0.6 is 0 Å². The summed E-state index contributed by atoms with van der Waals surface area (Å²) in [5.74, 6) is 0.322. The fourth-order valence-corrected chi connectivity index (χ4v) is 4.45. The van der Waals surface area contributed by atoms with E-state index in [1.165, 1.54) is 0 Å². The van der Waals surface area contributed by atoms with Crippen molar-refractivity contribution < 1.29 is 9.42 Å². The average Bonchev–Trinajstić information content (AvgIpc) is 3.52. The van der Waals surface area contributed by atoms with Gasteiger partial charge in [0.05, 0.1) is 11.0 Å². The summed E-state index contributed by atoms with van der Waals surface area (Å²) in [4.78, 5) is 17.7. The van der Waals surface area contributed by atoms with Gasteiger partial charge in [-0.1, -0.05) is 78.9 Å². The molecular weight excluding hydrogens is 464 g/mol. The van der Waals surface area contributed by atoms with E-state index in [-0.39, 0.29) is 18.3 Å². The number of nitrogens with zero attached hydrogens (tertiary/aromatic N) is 4. The van der Waals surface area contributed by atoms with Crippen molar-refractivity contribution in [2.75, 3.05) is 11.1 Å². The fraction of sp³-hybridized carbons (Fsp3) is 0.0345. The molecule has 0 radical (unpaired) electrons. The minimum absolute atomic E-state index is 0.0146. The van der Waals surface area contributed by atoms with E-state index in [2.05, 4.69) is 44.9 Å². The number of benzene rings is 4. The second-order valence-corrected chi connectivity index (χ2v) is 8.55. The number of para-hydroxylation sites is 2. The van der Waals surface area contributed by atoms with E-state index in [0.717, 1.165) is 27.8 Å². The first-order valence-electron chi connectivity index (χ1n) is 11.8. The summed E-state index contributed by atoms with van der Waals surface area (Å²) in [6, 6.07) is 33.9. The van der Waals surface area contributed by atoms with Gasteiger partial charge in [0.1, 0.15) is 6.54 Å². The van der Waals surface area contributed by atoms with Crippen LogP contribution in [-0.4, -0.2) is 25.8 Å². The second-order valence-electron chi connectivity index (χ2n) is 8.55. The first-order valence-corrected chi connectivity index (χ1v) is 11.8. The molecule has 0 aliphatic rings. The smallest absolute Gasteiger partial charge is 0.244 e.